The zero-order chi connectivity index (χ0) is 10.8. The molecule has 0 bridgehead atoms. The van der Waals surface area contributed by atoms with Gasteiger partial charge in [-0.1, -0.05) is 0 Å². The fourth-order valence-corrected chi connectivity index (χ4v) is 2.04. The SMILES string of the molecule is Cc1cc2ccn(C)c2cc1CCCN. The Balaban J connectivity index is 2.45. The molecule has 0 aliphatic heterocycles. The molecule has 0 radical (unpaired) electrons. The van der Waals surface area contributed by atoms with E-state index in [1.807, 2.05) is 0 Å². The molecule has 0 unspecified atom stereocenters. The van der Waals surface area contributed by atoms with Gasteiger partial charge in [0.05, 0.1) is 0 Å². The minimum atomic E-state index is 0.768. The second kappa shape index (κ2) is 4.07. The summed E-state index contributed by atoms with van der Waals surface area (Å²) in [5.74, 6) is 0. The lowest BCUT2D eigenvalue weighted by atomic mass is 10.0. The standard InChI is InChI=1S/C13H18N2/c1-10-8-12-5-7-15(2)13(12)9-11(10)4-3-6-14/h5,7-9H,3-4,6,14H2,1-2H3. The Kier molecular flexibility index (Phi) is 2.78. The number of nitrogens with zero attached hydrogens (tertiary/aromatic N) is 1. The molecule has 2 aromatic rings. The van der Waals surface area contributed by atoms with Crippen molar-refractivity contribution in [1.82, 2.24) is 4.57 Å². The highest BCUT2D eigenvalue weighted by Gasteiger charge is 2.03. The first kappa shape index (κ1) is 10.2. The highest BCUT2D eigenvalue weighted by atomic mass is 14.9. The van der Waals surface area contributed by atoms with Gasteiger partial charge in [-0.25, -0.2) is 0 Å². The van der Waals surface area contributed by atoms with Crippen molar-refractivity contribution in [3.05, 3.63) is 35.5 Å². The molecule has 0 saturated carbocycles. The van der Waals surface area contributed by atoms with Crippen LogP contribution in [0.25, 0.3) is 10.9 Å². The molecule has 80 valence electrons. The van der Waals surface area contributed by atoms with Gasteiger partial charge in [-0.3, -0.25) is 0 Å². The van der Waals surface area contributed by atoms with Crippen LogP contribution in [0.5, 0.6) is 0 Å². The van der Waals surface area contributed by atoms with Crippen molar-refractivity contribution in [2.24, 2.45) is 12.8 Å². The maximum Gasteiger partial charge on any atom is 0.0480 e. The fraction of sp³-hybridized carbons (Fsp3) is 0.385. The normalized spacial score (nSPS) is 11.1. The molecule has 0 aliphatic carbocycles. The number of rotatable bonds is 3. The van der Waals surface area contributed by atoms with E-state index >= 15 is 0 Å². The van der Waals surface area contributed by atoms with Crippen LogP contribution in [-0.2, 0) is 13.5 Å². The molecule has 0 spiro atoms. The zero-order valence-electron chi connectivity index (χ0n) is 9.46. The van der Waals surface area contributed by atoms with E-state index in [9.17, 15) is 0 Å². The molecular formula is C13H18N2. The summed E-state index contributed by atoms with van der Waals surface area (Å²) in [5, 5.41) is 1.33. The summed E-state index contributed by atoms with van der Waals surface area (Å²) in [6, 6.07) is 6.72. The van der Waals surface area contributed by atoms with Crippen LogP contribution in [0.4, 0.5) is 0 Å². The van der Waals surface area contributed by atoms with Crippen molar-refractivity contribution in [2.75, 3.05) is 6.54 Å². The van der Waals surface area contributed by atoms with E-state index in [-0.39, 0.29) is 0 Å². The number of hydrogen-bond acceptors (Lipinski definition) is 1. The number of fused-ring (bicyclic) bond motifs is 1. The van der Waals surface area contributed by atoms with Crippen LogP contribution in [0.1, 0.15) is 17.5 Å². The largest absolute Gasteiger partial charge is 0.351 e. The highest BCUT2D eigenvalue weighted by molar-refractivity contribution is 5.81. The van der Waals surface area contributed by atoms with Crippen molar-refractivity contribution in [2.45, 2.75) is 19.8 Å². The van der Waals surface area contributed by atoms with Crippen LogP contribution in [-0.4, -0.2) is 11.1 Å². The summed E-state index contributed by atoms with van der Waals surface area (Å²) in [6.45, 7) is 2.95. The fourth-order valence-electron chi connectivity index (χ4n) is 2.04. The van der Waals surface area contributed by atoms with Gasteiger partial charge in [0.1, 0.15) is 0 Å². The van der Waals surface area contributed by atoms with E-state index in [0.29, 0.717) is 0 Å². The van der Waals surface area contributed by atoms with Crippen molar-refractivity contribution in [3.8, 4) is 0 Å². The molecule has 0 saturated heterocycles. The summed E-state index contributed by atoms with van der Waals surface area (Å²) < 4.78 is 2.17. The Bertz CT molecular complexity index is 469. The molecule has 0 atom stereocenters. The van der Waals surface area contributed by atoms with E-state index in [4.69, 9.17) is 5.73 Å². The third-order valence-electron chi connectivity index (χ3n) is 2.99. The monoisotopic (exact) mass is 202 g/mol. The van der Waals surface area contributed by atoms with E-state index < -0.39 is 0 Å². The van der Waals surface area contributed by atoms with Crippen LogP contribution in [0.2, 0.25) is 0 Å². The van der Waals surface area contributed by atoms with Gasteiger partial charge >= 0.3 is 0 Å². The lowest BCUT2D eigenvalue weighted by Gasteiger charge is -2.06. The van der Waals surface area contributed by atoms with E-state index in [2.05, 4.69) is 42.9 Å². The summed E-state index contributed by atoms with van der Waals surface area (Å²) >= 11 is 0. The Morgan fingerprint density at radius 3 is 2.87 bits per heavy atom. The van der Waals surface area contributed by atoms with Gasteiger partial charge < -0.3 is 10.3 Å². The molecular weight excluding hydrogens is 184 g/mol. The topological polar surface area (TPSA) is 30.9 Å². The Morgan fingerprint density at radius 2 is 2.13 bits per heavy atom. The van der Waals surface area contributed by atoms with Crippen LogP contribution in [0, 0.1) is 6.92 Å². The quantitative estimate of drug-likeness (QED) is 0.814. The predicted molar refractivity (Wildman–Crippen MR) is 65.0 cm³/mol. The molecule has 2 heteroatoms. The second-order valence-corrected chi connectivity index (χ2v) is 4.16. The lowest BCUT2D eigenvalue weighted by Crippen LogP contribution is -2.01. The lowest BCUT2D eigenvalue weighted by molar-refractivity contribution is 0.828. The molecule has 0 aliphatic rings. The van der Waals surface area contributed by atoms with Crippen LogP contribution in [0.15, 0.2) is 24.4 Å². The second-order valence-electron chi connectivity index (χ2n) is 4.16. The van der Waals surface area contributed by atoms with E-state index in [1.54, 1.807) is 0 Å². The summed E-state index contributed by atoms with van der Waals surface area (Å²) in [6.07, 6.45) is 4.26. The highest BCUT2D eigenvalue weighted by Crippen LogP contribution is 2.21. The van der Waals surface area contributed by atoms with Gasteiger partial charge in [-0.05, 0) is 61.0 Å². The van der Waals surface area contributed by atoms with Crippen molar-refractivity contribution < 1.29 is 0 Å². The van der Waals surface area contributed by atoms with Crippen LogP contribution in [0.3, 0.4) is 0 Å². The third-order valence-corrected chi connectivity index (χ3v) is 2.99. The molecule has 0 fully saturated rings. The van der Waals surface area contributed by atoms with Crippen LogP contribution < -0.4 is 5.73 Å². The molecule has 2 rings (SSSR count). The van der Waals surface area contributed by atoms with Gasteiger partial charge in [-0.15, -0.1) is 0 Å². The number of hydrogen-bond donors (Lipinski definition) is 1. The number of benzene rings is 1. The first-order chi connectivity index (χ1) is 7.22. The molecule has 2 N–H and O–H groups in total. The molecule has 1 heterocycles. The van der Waals surface area contributed by atoms with Crippen LogP contribution >= 0.6 is 0 Å². The van der Waals surface area contributed by atoms with E-state index in [0.717, 1.165) is 19.4 Å². The summed E-state index contributed by atoms with van der Waals surface area (Å²) in [4.78, 5) is 0. The molecule has 2 nitrogen and oxygen atoms in total. The minimum absolute atomic E-state index is 0.768. The smallest absolute Gasteiger partial charge is 0.0480 e. The van der Waals surface area contributed by atoms with Gasteiger partial charge in [0.15, 0.2) is 0 Å². The van der Waals surface area contributed by atoms with Crippen molar-refractivity contribution >= 4 is 10.9 Å². The van der Waals surface area contributed by atoms with Gasteiger partial charge in [0.25, 0.3) is 0 Å². The Labute approximate surface area is 90.7 Å². The average molecular weight is 202 g/mol. The Morgan fingerprint density at radius 1 is 1.33 bits per heavy atom. The zero-order valence-corrected chi connectivity index (χ0v) is 9.46. The summed E-state index contributed by atoms with van der Waals surface area (Å²) in [5.41, 5.74) is 9.66. The third kappa shape index (κ3) is 1.90. The number of aromatic nitrogens is 1. The van der Waals surface area contributed by atoms with Crippen molar-refractivity contribution in [1.29, 1.82) is 0 Å². The predicted octanol–water partition coefficient (Wildman–Crippen LogP) is 2.38. The van der Waals surface area contributed by atoms with E-state index in [1.165, 1.54) is 22.0 Å². The molecule has 1 aromatic heterocycles. The first-order valence-electron chi connectivity index (χ1n) is 5.47. The van der Waals surface area contributed by atoms with Gasteiger partial charge in [0, 0.05) is 18.8 Å². The summed E-state index contributed by atoms with van der Waals surface area (Å²) in [7, 11) is 2.09. The number of aryl methyl sites for hydroxylation is 3. The van der Waals surface area contributed by atoms with Gasteiger partial charge in [-0.2, -0.15) is 0 Å². The van der Waals surface area contributed by atoms with Crippen molar-refractivity contribution in [3.63, 3.8) is 0 Å². The number of nitrogens with two attached hydrogens (primary N) is 1. The first-order valence-corrected chi connectivity index (χ1v) is 5.47. The minimum Gasteiger partial charge on any atom is -0.351 e. The maximum atomic E-state index is 5.54. The van der Waals surface area contributed by atoms with Gasteiger partial charge in [0.2, 0.25) is 0 Å². The molecule has 1 aromatic carbocycles. The average Bonchev–Trinajstić information content (AvgIpc) is 2.57. The molecule has 15 heavy (non-hydrogen) atoms. The molecule has 0 amide bonds. The Hall–Kier alpha value is -1.28. The maximum absolute atomic E-state index is 5.54.